The van der Waals surface area contributed by atoms with Crippen LogP contribution in [0.4, 0.5) is 0 Å². The average Bonchev–Trinajstić information content (AvgIpc) is 2.98. The van der Waals surface area contributed by atoms with E-state index in [1.165, 1.54) is 11.3 Å². The van der Waals surface area contributed by atoms with Gasteiger partial charge in [-0.15, -0.1) is 11.3 Å². The van der Waals surface area contributed by atoms with Crippen molar-refractivity contribution in [1.82, 2.24) is 5.32 Å². The molecule has 4 heteroatoms. The maximum Gasteiger partial charge on any atom is 0.223 e. The van der Waals surface area contributed by atoms with Crippen molar-refractivity contribution < 1.29 is 9.59 Å². The molecule has 1 aromatic rings. The number of thiophene rings is 1. The molecule has 1 N–H and O–H groups in total. The van der Waals surface area contributed by atoms with Gasteiger partial charge in [0.2, 0.25) is 5.91 Å². The molecule has 1 aliphatic rings. The summed E-state index contributed by atoms with van der Waals surface area (Å²) in [5.74, 6) is 0.567. The third kappa shape index (κ3) is 2.92. The number of amides is 1. The molecule has 2 rings (SSSR count). The second-order valence-corrected chi connectivity index (χ2v) is 5.31. The van der Waals surface area contributed by atoms with Crippen molar-refractivity contribution in [2.75, 3.05) is 6.54 Å². The van der Waals surface area contributed by atoms with Crippen LogP contribution in [0.25, 0.3) is 0 Å². The Balaban J connectivity index is 1.75. The van der Waals surface area contributed by atoms with Gasteiger partial charge in [0.15, 0.2) is 5.78 Å². The number of ketones is 1. The van der Waals surface area contributed by atoms with Crippen LogP contribution in [-0.2, 0) is 11.2 Å². The molecular weight excluding hydrogens is 222 g/mol. The first-order valence-corrected chi connectivity index (χ1v) is 6.36. The van der Waals surface area contributed by atoms with Gasteiger partial charge in [0.1, 0.15) is 0 Å². The van der Waals surface area contributed by atoms with Gasteiger partial charge < -0.3 is 5.32 Å². The lowest BCUT2D eigenvalue weighted by molar-refractivity contribution is -0.122. The lowest BCUT2D eigenvalue weighted by Gasteiger charge is -2.01. The van der Waals surface area contributed by atoms with Crippen LogP contribution in [0.5, 0.6) is 0 Å². The summed E-state index contributed by atoms with van der Waals surface area (Å²) < 4.78 is 0. The van der Waals surface area contributed by atoms with E-state index < -0.39 is 0 Å². The molecule has 3 nitrogen and oxygen atoms in total. The minimum absolute atomic E-state index is 0.110. The maximum atomic E-state index is 11.3. The van der Waals surface area contributed by atoms with Gasteiger partial charge in [-0.3, -0.25) is 9.59 Å². The molecule has 1 heterocycles. The first-order chi connectivity index (χ1) is 7.66. The Kier molecular flexibility index (Phi) is 3.39. The SMILES string of the molecule is CC(=O)c1ccc(CCNC(=O)C2CC2)s1. The molecule has 0 aliphatic heterocycles. The Bertz CT molecular complexity index is 407. The second-order valence-electron chi connectivity index (χ2n) is 4.14. The average molecular weight is 237 g/mol. The van der Waals surface area contributed by atoms with Crippen LogP contribution < -0.4 is 5.32 Å². The van der Waals surface area contributed by atoms with Crippen LogP contribution in [0, 0.1) is 5.92 Å². The summed E-state index contributed by atoms with van der Waals surface area (Å²) in [5, 5.41) is 2.91. The number of nitrogens with one attached hydrogen (secondary N) is 1. The van der Waals surface area contributed by atoms with Gasteiger partial charge in [-0.1, -0.05) is 0 Å². The van der Waals surface area contributed by atoms with E-state index in [0.717, 1.165) is 29.0 Å². The molecule has 0 saturated heterocycles. The molecule has 0 spiro atoms. The Morgan fingerprint density at radius 3 is 2.75 bits per heavy atom. The summed E-state index contributed by atoms with van der Waals surface area (Å²) in [5.41, 5.74) is 0. The molecule has 0 bridgehead atoms. The van der Waals surface area contributed by atoms with Crippen molar-refractivity contribution in [2.45, 2.75) is 26.2 Å². The highest BCUT2D eigenvalue weighted by molar-refractivity contribution is 7.14. The van der Waals surface area contributed by atoms with E-state index in [4.69, 9.17) is 0 Å². The number of Topliss-reactive ketones (excluding diaryl/α,β-unsaturated/α-hetero) is 1. The fourth-order valence-electron chi connectivity index (χ4n) is 1.50. The number of carbonyl (C=O) groups excluding carboxylic acids is 2. The van der Waals surface area contributed by atoms with Crippen LogP contribution in [0.2, 0.25) is 0 Å². The first-order valence-electron chi connectivity index (χ1n) is 5.54. The zero-order chi connectivity index (χ0) is 11.5. The lowest BCUT2D eigenvalue weighted by Crippen LogP contribution is -2.26. The van der Waals surface area contributed by atoms with Gasteiger partial charge in [0, 0.05) is 17.3 Å². The zero-order valence-corrected chi connectivity index (χ0v) is 10.1. The van der Waals surface area contributed by atoms with Crippen molar-refractivity contribution in [3.63, 3.8) is 0 Å². The third-order valence-electron chi connectivity index (χ3n) is 2.63. The molecule has 1 aliphatic carbocycles. The van der Waals surface area contributed by atoms with Gasteiger partial charge in [-0.2, -0.15) is 0 Å². The third-order valence-corrected chi connectivity index (χ3v) is 3.87. The summed E-state index contributed by atoms with van der Waals surface area (Å²) in [6, 6.07) is 3.82. The minimum Gasteiger partial charge on any atom is -0.356 e. The van der Waals surface area contributed by atoms with E-state index in [0.29, 0.717) is 6.54 Å². The molecule has 1 fully saturated rings. The van der Waals surface area contributed by atoms with Crippen LogP contribution >= 0.6 is 11.3 Å². The molecule has 16 heavy (non-hydrogen) atoms. The second kappa shape index (κ2) is 4.78. The van der Waals surface area contributed by atoms with Crippen molar-refractivity contribution in [3.05, 3.63) is 21.9 Å². The number of rotatable bonds is 5. The smallest absolute Gasteiger partial charge is 0.223 e. The first kappa shape index (κ1) is 11.3. The minimum atomic E-state index is 0.110. The van der Waals surface area contributed by atoms with E-state index in [-0.39, 0.29) is 17.6 Å². The highest BCUT2D eigenvalue weighted by atomic mass is 32.1. The van der Waals surface area contributed by atoms with E-state index in [9.17, 15) is 9.59 Å². The molecule has 1 saturated carbocycles. The van der Waals surface area contributed by atoms with Gasteiger partial charge in [-0.05, 0) is 38.3 Å². The van der Waals surface area contributed by atoms with Crippen molar-refractivity contribution in [3.8, 4) is 0 Å². The van der Waals surface area contributed by atoms with Crippen LogP contribution in [0.15, 0.2) is 12.1 Å². The van der Waals surface area contributed by atoms with E-state index in [1.807, 2.05) is 12.1 Å². The van der Waals surface area contributed by atoms with Gasteiger partial charge in [0.05, 0.1) is 4.88 Å². The summed E-state index contributed by atoms with van der Waals surface area (Å²) in [4.78, 5) is 24.4. The van der Waals surface area contributed by atoms with E-state index in [1.54, 1.807) is 6.92 Å². The van der Waals surface area contributed by atoms with Crippen molar-refractivity contribution in [2.24, 2.45) is 5.92 Å². The Labute approximate surface area is 98.9 Å². The number of hydrogen-bond donors (Lipinski definition) is 1. The maximum absolute atomic E-state index is 11.3. The topological polar surface area (TPSA) is 46.2 Å². The van der Waals surface area contributed by atoms with Gasteiger partial charge >= 0.3 is 0 Å². The fourth-order valence-corrected chi connectivity index (χ4v) is 2.40. The van der Waals surface area contributed by atoms with Crippen molar-refractivity contribution >= 4 is 23.0 Å². The monoisotopic (exact) mass is 237 g/mol. The normalized spacial score (nSPS) is 14.8. The van der Waals surface area contributed by atoms with E-state index >= 15 is 0 Å². The van der Waals surface area contributed by atoms with Crippen molar-refractivity contribution in [1.29, 1.82) is 0 Å². The molecule has 0 radical (unpaired) electrons. The summed E-state index contributed by atoms with van der Waals surface area (Å²) >= 11 is 1.52. The highest BCUT2D eigenvalue weighted by Crippen LogP contribution is 2.28. The lowest BCUT2D eigenvalue weighted by atomic mass is 10.3. The Morgan fingerprint density at radius 2 is 2.19 bits per heavy atom. The summed E-state index contributed by atoms with van der Waals surface area (Å²) in [6.07, 6.45) is 2.90. The van der Waals surface area contributed by atoms with Crippen LogP contribution in [-0.4, -0.2) is 18.2 Å². The quantitative estimate of drug-likeness (QED) is 0.796. The fraction of sp³-hybridized carbons (Fsp3) is 0.500. The molecule has 1 amide bonds. The molecule has 1 aromatic heterocycles. The van der Waals surface area contributed by atoms with Crippen LogP contribution in [0.1, 0.15) is 34.3 Å². The van der Waals surface area contributed by atoms with Gasteiger partial charge in [-0.25, -0.2) is 0 Å². The largest absolute Gasteiger partial charge is 0.356 e. The number of carbonyl (C=O) groups is 2. The predicted molar refractivity (Wildman–Crippen MR) is 63.8 cm³/mol. The summed E-state index contributed by atoms with van der Waals surface area (Å²) in [7, 11) is 0. The number of hydrogen-bond acceptors (Lipinski definition) is 3. The molecule has 86 valence electrons. The van der Waals surface area contributed by atoms with Crippen LogP contribution in [0.3, 0.4) is 0 Å². The summed E-state index contributed by atoms with van der Waals surface area (Å²) in [6.45, 7) is 2.25. The molecular formula is C12H15NO2S. The van der Waals surface area contributed by atoms with Gasteiger partial charge in [0.25, 0.3) is 0 Å². The molecule has 0 atom stereocenters. The molecule has 0 unspecified atom stereocenters. The molecule has 0 aromatic carbocycles. The zero-order valence-electron chi connectivity index (χ0n) is 9.29. The Morgan fingerprint density at radius 1 is 1.44 bits per heavy atom. The van der Waals surface area contributed by atoms with E-state index in [2.05, 4.69) is 5.32 Å². The predicted octanol–water partition coefficient (Wildman–Crippen LogP) is 2.02. The highest BCUT2D eigenvalue weighted by Gasteiger charge is 2.28. The standard InChI is InChI=1S/C12H15NO2S/c1-8(14)11-5-4-10(16-11)6-7-13-12(15)9-2-3-9/h4-5,9H,2-3,6-7H2,1H3,(H,13,15). The Hall–Kier alpha value is -1.16.